The zero-order valence-corrected chi connectivity index (χ0v) is 8.20. The van der Waals surface area contributed by atoms with Crippen LogP contribution in [0.5, 0.6) is 0 Å². The van der Waals surface area contributed by atoms with Crippen molar-refractivity contribution in [1.82, 2.24) is 9.97 Å². The molecule has 0 saturated heterocycles. The normalized spacial score (nSPS) is 10.5. The van der Waals surface area contributed by atoms with Crippen molar-refractivity contribution in [2.45, 2.75) is 13.3 Å². The van der Waals surface area contributed by atoms with Gasteiger partial charge >= 0.3 is 0 Å². The molecular formula is C11H9FN2O. The van der Waals surface area contributed by atoms with Crippen LogP contribution in [0.25, 0.3) is 11.0 Å². The fraction of sp³-hybridized carbons (Fsp3) is 0.182. The smallest absolute Gasteiger partial charge is 0.170 e. The number of carbonyl (C=O) groups is 1. The topological polar surface area (TPSA) is 42.9 Å². The zero-order valence-electron chi connectivity index (χ0n) is 8.20. The van der Waals surface area contributed by atoms with E-state index in [1.165, 1.54) is 12.1 Å². The van der Waals surface area contributed by atoms with Gasteiger partial charge in [0.15, 0.2) is 6.29 Å². The Morgan fingerprint density at radius 3 is 2.80 bits per heavy atom. The highest BCUT2D eigenvalue weighted by Gasteiger charge is 2.06. The van der Waals surface area contributed by atoms with Gasteiger partial charge in [0, 0.05) is 6.07 Å². The Morgan fingerprint density at radius 1 is 1.33 bits per heavy atom. The molecule has 0 bridgehead atoms. The molecule has 15 heavy (non-hydrogen) atoms. The fourth-order valence-corrected chi connectivity index (χ4v) is 1.43. The quantitative estimate of drug-likeness (QED) is 0.704. The minimum absolute atomic E-state index is 0.288. The molecule has 76 valence electrons. The van der Waals surface area contributed by atoms with Crippen molar-refractivity contribution in [2.24, 2.45) is 0 Å². The number of benzene rings is 1. The molecule has 4 heteroatoms. The van der Waals surface area contributed by atoms with E-state index < -0.39 is 0 Å². The largest absolute Gasteiger partial charge is 0.296 e. The second-order valence-electron chi connectivity index (χ2n) is 3.16. The van der Waals surface area contributed by atoms with Crippen molar-refractivity contribution in [3.05, 3.63) is 35.4 Å². The van der Waals surface area contributed by atoms with Gasteiger partial charge in [-0.15, -0.1) is 0 Å². The molecular weight excluding hydrogens is 195 g/mol. The predicted molar refractivity (Wildman–Crippen MR) is 54.3 cm³/mol. The van der Waals surface area contributed by atoms with E-state index >= 15 is 0 Å². The summed E-state index contributed by atoms with van der Waals surface area (Å²) in [5.74, 6) is -0.377. The van der Waals surface area contributed by atoms with E-state index in [0.717, 1.165) is 0 Å². The predicted octanol–water partition coefficient (Wildman–Crippen LogP) is 2.14. The Balaban J connectivity index is 2.75. The Hall–Kier alpha value is -1.84. The van der Waals surface area contributed by atoms with Gasteiger partial charge in [0.05, 0.1) is 16.7 Å². The summed E-state index contributed by atoms with van der Waals surface area (Å²) in [5.41, 5.74) is 1.95. The highest BCUT2D eigenvalue weighted by Crippen LogP contribution is 2.13. The first-order chi connectivity index (χ1) is 7.24. The van der Waals surface area contributed by atoms with Gasteiger partial charge in [-0.2, -0.15) is 0 Å². The van der Waals surface area contributed by atoms with Crippen LogP contribution in [0.15, 0.2) is 18.2 Å². The van der Waals surface area contributed by atoms with Crippen LogP contribution in [0.3, 0.4) is 0 Å². The lowest BCUT2D eigenvalue weighted by atomic mass is 10.2. The number of carbonyl (C=O) groups excluding carboxylic acids is 1. The minimum Gasteiger partial charge on any atom is -0.296 e. The molecule has 0 atom stereocenters. The van der Waals surface area contributed by atoms with Gasteiger partial charge in [-0.05, 0) is 18.6 Å². The van der Waals surface area contributed by atoms with Gasteiger partial charge in [-0.25, -0.2) is 14.4 Å². The van der Waals surface area contributed by atoms with Gasteiger partial charge < -0.3 is 0 Å². The van der Waals surface area contributed by atoms with Gasteiger partial charge in [0.1, 0.15) is 11.5 Å². The number of hydrogen-bond acceptors (Lipinski definition) is 3. The summed E-state index contributed by atoms with van der Waals surface area (Å²) in [6.07, 6.45) is 1.28. The molecule has 0 spiro atoms. The molecule has 1 aromatic carbocycles. The maximum absolute atomic E-state index is 12.9. The third-order valence-corrected chi connectivity index (χ3v) is 2.18. The van der Waals surface area contributed by atoms with E-state index in [1.807, 2.05) is 6.92 Å². The Morgan fingerprint density at radius 2 is 2.13 bits per heavy atom. The highest BCUT2D eigenvalue weighted by molar-refractivity contribution is 5.81. The van der Waals surface area contributed by atoms with Crippen LogP contribution < -0.4 is 0 Å². The molecule has 0 fully saturated rings. The second-order valence-corrected chi connectivity index (χ2v) is 3.16. The number of halogens is 1. The first kappa shape index (κ1) is 9.71. The summed E-state index contributed by atoms with van der Waals surface area (Å²) in [6.45, 7) is 1.90. The fourth-order valence-electron chi connectivity index (χ4n) is 1.43. The molecule has 0 radical (unpaired) electrons. The SMILES string of the molecule is CCc1nc2ccc(F)cc2nc1C=O. The first-order valence-corrected chi connectivity index (χ1v) is 4.66. The zero-order chi connectivity index (χ0) is 10.8. The lowest BCUT2D eigenvalue weighted by Crippen LogP contribution is -2.00. The van der Waals surface area contributed by atoms with E-state index in [9.17, 15) is 9.18 Å². The number of aryl methyl sites for hydroxylation is 1. The van der Waals surface area contributed by atoms with Crippen LogP contribution in [0.4, 0.5) is 4.39 Å². The summed E-state index contributed by atoms with van der Waals surface area (Å²) in [7, 11) is 0. The molecule has 3 nitrogen and oxygen atoms in total. The summed E-state index contributed by atoms with van der Waals surface area (Å²) < 4.78 is 12.9. The Labute approximate surface area is 86.0 Å². The van der Waals surface area contributed by atoms with Crippen LogP contribution in [0.2, 0.25) is 0 Å². The lowest BCUT2D eigenvalue weighted by molar-refractivity contribution is 0.111. The number of fused-ring (bicyclic) bond motifs is 1. The summed E-state index contributed by atoms with van der Waals surface area (Å²) in [4.78, 5) is 19.0. The summed E-state index contributed by atoms with van der Waals surface area (Å²) in [5, 5.41) is 0. The number of aromatic nitrogens is 2. The third kappa shape index (κ3) is 1.70. The monoisotopic (exact) mass is 204 g/mol. The van der Waals surface area contributed by atoms with Crippen LogP contribution in [0, 0.1) is 5.82 Å². The maximum Gasteiger partial charge on any atom is 0.170 e. The van der Waals surface area contributed by atoms with Crippen molar-refractivity contribution in [3.63, 3.8) is 0 Å². The van der Waals surface area contributed by atoms with Gasteiger partial charge in [0.2, 0.25) is 0 Å². The summed E-state index contributed by atoms with van der Waals surface area (Å²) in [6, 6.07) is 4.16. The highest BCUT2D eigenvalue weighted by atomic mass is 19.1. The standard InChI is InChI=1S/C11H9FN2O/c1-2-8-11(6-15)14-10-5-7(12)3-4-9(10)13-8/h3-6H,2H2,1H3. The minimum atomic E-state index is -0.377. The average molecular weight is 204 g/mol. The molecule has 0 unspecified atom stereocenters. The number of nitrogens with zero attached hydrogens (tertiary/aromatic N) is 2. The molecule has 1 heterocycles. The van der Waals surface area contributed by atoms with Crippen molar-refractivity contribution >= 4 is 17.3 Å². The molecule has 0 N–H and O–H groups in total. The molecule has 0 amide bonds. The van der Waals surface area contributed by atoms with Crippen LogP contribution in [-0.4, -0.2) is 16.3 Å². The van der Waals surface area contributed by atoms with Crippen LogP contribution in [-0.2, 0) is 6.42 Å². The Kier molecular flexibility index (Phi) is 2.41. The molecule has 0 aliphatic carbocycles. The molecule has 0 aliphatic rings. The van der Waals surface area contributed by atoms with E-state index in [0.29, 0.717) is 29.4 Å². The molecule has 0 saturated carbocycles. The molecule has 2 aromatic rings. The second kappa shape index (κ2) is 3.73. The van der Waals surface area contributed by atoms with E-state index in [2.05, 4.69) is 9.97 Å². The number of rotatable bonds is 2. The number of hydrogen-bond donors (Lipinski definition) is 0. The lowest BCUT2D eigenvalue weighted by Gasteiger charge is -2.02. The van der Waals surface area contributed by atoms with Crippen molar-refractivity contribution in [3.8, 4) is 0 Å². The average Bonchev–Trinajstić information content (AvgIpc) is 2.27. The first-order valence-electron chi connectivity index (χ1n) is 4.66. The van der Waals surface area contributed by atoms with Crippen LogP contribution >= 0.6 is 0 Å². The summed E-state index contributed by atoms with van der Waals surface area (Å²) >= 11 is 0. The van der Waals surface area contributed by atoms with Crippen molar-refractivity contribution < 1.29 is 9.18 Å². The molecule has 0 aliphatic heterocycles. The van der Waals surface area contributed by atoms with Gasteiger partial charge in [-0.3, -0.25) is 4.79 Å². The van der Waals surface area contributed by atoms with Crippen molar-refractivity contribution in [1.29, 1.82) is 0 Å². The number of aldehydes is 1. The van der Waals surface area contributed by atoms with Crippen LogP contribution in [0.1, 0.15) is 23.1 Å². The van der Waals surface area contributed by atoms with Gasteiger partial charge in [0.25, 0.3) is 0 Å². The molecule has 1 aromatic heterocycles. The van der Waals surface area contributed by atoms with Gasteiger partial charge in [-0.1, -0.05) is 6.92 Å². The Bertz CT molecular complexity index is 525. The van der Waals surface area contributed by atoms with E-state index in [4.69, 9.17) is 0 Å². The maximum atomic E-state index is 12.9. The van der Waals surface area contributed by atoms with Crippen molar-refractivity contribution in [2.75, 3.05) is 0 Å². The molecule has 2 rings (SSSR count). The van der Waals surface area contributed by atoms with E-state index in [-0.39, 0.29) is 11.5 Å². The third-order valence-electron chi connectivity index (χ3n) is 2.18. The van der Waals surface area contributed by atoms with E-state index in [1.54, 1.807) is 6.07 Å².